The monoisotopic (exact) mass is 446 g/mol. The number of ketones is 1. The molecule has 2 aliphatic heterocycles. The lowest BCUT2D eigenvalue weighted by Gasteiger charge is -2.43. The first-order chi connectivity index (χ1) is 14.3. The van der Waals surface area contributed by atoms with Gasteiger partial charge in [-0.05, 0) is 13.8 Å². The van der Waals surface area contributed by atoms with Crippen molar-refractivity contribution in [2.24, 2.45) is 0 Å². The Hall–Kier alpha value is -2.57. The molecule has 12 heteroatoms. The van der Waals surface area contributed by atoms with Crippen LogP contribution in [-0.4, -0.2) is 78.9 Å². The molecule has 0 saturated carbocycles. The lowest BCUT2D eigenvalue weighted by Crippen LogP contribution is -2.63. The van der Waals surface area contributed by atoms with Crippen molar-refractivity contribution in [1.82, 2.24) is 0 Å². The number of rotatable bonds is 8. The molecule has 174 valence electrons. The molecule has 2 saturated heterocycles. The van der Waals surface area contributed by atoms with Gasteiger partial charge in [0.05, 0.1) is 0 Å². The summed E-state index contributed by atoms with van der Waals surface area (Å²) in [6, 6.07) is 0. The summed E-state index contributed by atoms with van der Waals surface area (Å²) in [5.74, 6) is -3.20. The van der Waals surface area contributed by atoms with Crippen molar-refractivity contribution in [2.75, 3.05) is 6.61 Å². The Balaban J connectivity index is 2.37. The Morgan fingerprint density at radius 1 is 0.774 bits per heavy atom. The van der Waals surface area contributed by atoms with E-state index in [1.165, 1.54) is 20.8 Å². The number of hydrogen-bond donors (Lipinski definition) is 0. The minimum Gasteiger partial charge on any atom is -0.463 e. The van der Waals surface area contributed by atoms with Crippen LogP contribution in [0.4, 0.5) is 0 Å². The molecule has 0 radical (unpaired) electrons. The van der Waals surface area contributed by atoms with E-state index in [4.69, 9.17) is 33.2 Å². The maximum atomic E-state index is 11.7. The number of Topliss-reactive ketones (excluding diaryl/α,β-unsaturated/α-hetero) is 1. The Bertz CT molecular complexity index is 748. The molecule has 2 aliphatic rings. The summed E-state index contributed by atoms with van der Waals surface area (Å²) in [4.78, 5) is 58.2. The fourth-order valence-electron chi connectivity index (χ4n) is 3.01. The molecule has 0 aliphatic carbocycles. The van der Waals surface area contributed by atoms with E-state index in [2.05, 4.69) is 0 Å². The molecular weight excluding hydrogens is 420 g/mol. The van der Waals surface area contributed by atoms with E-state index >= 15 is 0 Å². The fraction of sp³-hybridized carbons (Fsp3) is 0.737. The Morgan fingerprint density at radius 2 is 1.29 bits per heavy atom. The van der Waals surface area contributed by atoms with E-state index in [9.17, 15) is 24.0 Å². The van der Waals surface area contributed by atoms with Gasteiger partial charge in [-0.25, -0.2) is 0 Å². The van der Waals surface area contributed by atoms with Crippen molar-refractivity contribution in [2.45, 2.75) is 84.1 Å². The highest BCUT2D eigenvalue weighted by Gasteiger charge is 2.62. The Kier molecular flexibility index (Phi) is 7.73. The first-order valence-electron chi connectivity index (χ1n) is 9.50. The Morgan fingerprint density at radius 3 is 1.74 bits per heavy atom. The largest absolute Gasteiger partial charge is 0.463 e. The maximum absolute atomic E-state index is 11.7. The maximum Gasteiger partial charge on any atom is 0.303 e. The third-order valence-electron chi connectivity index (χ3n) is 4.65. The number of carbonyl (C=O) groups is 5. The second-order valence-corrected chi connectivity index (χ2v) is 7.32. The highest BCUT2D eigenvalue weighted by Crippen LogP contribution is 2.41. The zero-order chi connectivity index (χ0) is 23.5. The average molecular weight is 446 g/mol. The van der Waals surface area contributed by atoms with Gasteiger partial charge in [0.1, 0.15) is 12.7 Å². The van der Waals surface area contributed by atoms with Crippen LogP contribution in [0.15, 0.2) is 0 Å². The number of epoxide rings is 1. The lowest BCUT2D eigenvalue weighted by atomic mass is 9.98. The van der Waals surface area contributed by atoms with Gasteiger partial charge in [-0.3, -0.25) is 24.0 Å². The first-order valence-corrected chi connectivity index (χ1v) is 9.50. The molecule has 0 aromatic rings. The van der Waals surface area contributed by atoms with E-state index in [0.29, 0.717) is 0 Å². The molecule has 2 fully saturated rings. The summed E-state index contributed by atoms with van der Waals surface area (Å²) < 4.78 is 37.5. The molecule has 7 atom stereocenters. The number of esters is 4. The predicted octanol–water partition coefficient (Wildman–Crippen LogP) is -0.210. The molecular formula is C19H26O12. The van der Waals surface area contributed by atoms with Crippen molar-refractivity contribution in [1.29, 1.82) is 0 Å². The van der Waals surface area contributed by atoms with Crippen molar-refractivity contribution in [3.63, 3.8) is 0 Å². The fourth-order valence-corrected chi connectivity index (χ4v) is 3.01. The minimum atomic E-state index is -1.40. The van der Waals surface area contributed by atoms with Gasteiger partial charge in [0.15, 0.2) is 36.0 Å². The summed E-state index contributed by atoms with van der Waals surface area (Å²) in [5.41, 5.74) is -1.22. The van der Waals surface area contributed by atoms with E-state index in [0.717, 1.165) is 20.8 Å². The summed E-state index contributed by atoms with van der Waals surface area (Å²) in [7, 11) is 0. The number of carbonyl (C=O) groups excluding carboxylic acids is 5. The summed E-state index contributed by atoms with van der Waals surface area (Å²) in [5, 5.41) is 0. The predicted molar refractivity (Wildman–Crippen MR) is 97.0 cm³/mol. The van der Waals surface area contributed by atoms with Crippen molar-refractivity contribution in [3.8, 4) is 0 Å². The van der Waals surface area contributed by atoms with Crippen molar-refractivity contribution < 1.29 is 57.1 Å². The SMILES string of the molecule is CC(=O)OC[C@H]1O[C@@H](O[C@H]2O[C@]2(C)C(C)=O)[C@H](OC(C)=O)[C@@H](OC(C)=O)[C@@H]1OC(C)=O. The second kappa shape index (κ2) is 9.71. The van der Waals surface area contributed by atoms with Crippen LogP contribution in [0, 0.1) is 0 Å². The minimum absolute atomic E-state index is 0.303. The third-order valence-corrected chi connectivity index (χ3v) is 4.65. The summed E-state index contributed by atoms with van der Waals surface area (Å²) >= 11 is 0. The topological polar surface area (TPSA) is 153 Å². The molecule has 0 spiro atoms. The van der Waals surface area contributed by atoms with Gasteiger partial charge in [0.25, 0.3) is 0 Å². The summed E-state index contributed by atoms with van der Waals surface area (Å²) in [6.45, 7) is 6.95. The van der Waals surface area contributed by atoms with Gasteiger partial charge in [-0.2, -0.15) is 0 Å². The molecule has 0 bridgehead atoms. The van der Waals surface area contributed by atoms with Crippen molar-refractivity contribution in [3.05, 3.63) is 0 Å². The van der Waals surface area contributed by atoms with Crippen LogP contribution >= 0.6 is 0 Å². The number of hydrogen-bond acceptors (Lipinski definition) is 12. The van der Waals surface area contributed by atoms with Gasteiger partial charge < -0.3 is 33.2 Å². The molecule has 2 rings (SSSR count). The second-order valence-electron chi connectivity index (χ2n) is 7.32. The van der Waals surface area contributed by atoms with Crippen LogP contribution in [0.3, 0.4) is 0 Å². The molecule has 0 N–H and O–H groups in total. The molecule has 0 unspecified atom stereocenters. The molecule has 0 aromatic carbocycles. The molecule has 31 heavy (non-hydrogen) atoms. The van der Waals surface area contributed by atoms with Gasteiger partial charge in [-0.1, -0.05) is 0 Å². The zero-order valence-electron chi connectivity index (χ0n) is 18.1. The van der Waals surface area contributed by atoms with Gasteiger partial charge in [0, 0.05) is 27.7 Å². The van der Waals surface area contributed by atoms with E-state index in [1.807, 2.05) is 0 Å². The molecule has 2 heterocycles. The van der Waals surface area contributed by atoms with Crippen LogP contribution in [0.2, 0.25) is 0 Å². The van der Waals surface area contributed by atoms with E-state index in [-0.39, 0.29) is 12.4 Å². The Labute approximate surface area is 178 Å². The molecule has 0 amide bonds. The third kappa shape index (κ3) is 6.21. The first kappa shape index (κ1) is 24.7. The quantitative estimate of drug-likeness (QED) is 0.275. The average Bonchev–Trinajstić information content (AvgIpc) is 3.28. The smallest absolute Gasteiger partial charge is 0.303 e. The standard InChI is InChI=1S/C19H26O12/c1-8(20)19(6)18(31-19)30-17-16(28-12(5)24)15(27-11(4)23)14(26-10(3)22)13(29-17)7-25-9(2)21/h13-18H,7H2,1-6H3/t13-,14-,15+,16-,17+,18+,19-/m1/s1. The van der Waals surface area contributed by atoms with Crippen LogP contribution < -0.4 is 0 Å². The van der Waals surface area contributed by atoms with E-state index in [1.54, 1.807) is 0 Å². The highest BCUT2D eigenvalue weighted by molar-refractivity contribution is 5.87. The van der Waals surface area contributed by atoms with Gasteiger partial charge >= 0.3 is 23.9 Å². The molecule has 0 aromatic heterocycles. The van der Waals surface area contributed by atoms with E-state index < -0.39 is 66.5 Å². The van der Waals surface area contributed by atoms with Gasteiger partial charge in [-0.15, -0.1) is 0 Å². The summed E-state index contributed by atoms with van der Waals surface area (Å²) in [6.07, 6.45) is -7.58. The number of ether oxygens (including phenoxy) is 7. The normalized spacial score (nSPS) is 34.3. The van der Waals surface area contributed by atoms with Crippen LogP contribution in [0.25, 0.3) is 0 Å². The van der Waals surface area contributed by atoms with Gasteiger partial charge in [0.2, 0.25) is 6.29 Å². The lowest BCUT2D eigenvalue weighted by molar-refractivity contribution is -0.315. The highest BCUT2D eigenvalue weighted by atomic mass is 16.8. The molecule has 12 nitrogen and oxygen atoms in total. The van der Waals surface area contributed by atoms with Crippen molar-refractivity contribution >= 4 is 29.7 Å². The van der Waals surface area contributed by atoms with Crippen LogP contribution in [0.5, 0.6) is 0 Å². The van der Waals surface area contributed by atoms with Crippen LogP contribution in [-0.2, 0) is 57.1 Å². The van der Waals surface area contributed by atoms with Crippen LogP contribution in [0.1, 0.15) is 41.5 Å². The zero-order valence-corrected chi connectivity index (χ0v) is 18.1.